The van der Waals surface area contributed by atoms with Crippen molar-refractivity contribution in [3.63, 3.8) is 0 Å². The number of aliphatic imine (C=N–C) groups is 1. The van der Waals surface area contributed by atoms with E-state index < -0.39 is 16.9 Å². The lowest BCUT2D eigenvalue weighted by atomic mass is 9.94. The number of carbonyl (C=O) groups excluding carboxylic acids is 1. The number of rotatable bonds is 4. The van der Waals surface area contributed by atoms with Gasteiger partial charge in [-0.15, -0.1) is 0 Å². The van der Waals surface area contributed by atoms with Crippen LogP contribution in [0.5, 0.6) is 0 Å². The molecule has 0 N–H and O–H groups in total. The molecule has 3 rings (SSSR count). The molecule has 0 unspecified atom stereocenters. The molecular formula is C16H15N3O4S. The lowest BCUT2D eigenvalue weighted by molar-refractivity contribution is -0.384. The minimum Gasteiger partial charge on any atom is -0.463 e. The minimum absolute atomic E-state index is 0.0201. The molecule has 0 saturated carbocycles. The zero-order valence-corrected chi connectivity index (χ0v) is 13.9. The predicted molar refractivity (Wildman–Crippen MR) is 91.2 cm³/mol. The molecular weight excluding hydrogens is 330 g/mol. The Bertz CT molecular complexity index is 800. The molecule has 0 aromatic heterocycles. The number of nitro groups is 1. The fraction of sp³-hybridized carbons (Fsp3) is 0.250. The lowest BCUT2D eigenvalue weighted by Crippen LogP contribution is -2.34. The number of hydrogen-bond acceptors (Lipinski definition) is 7. The van der Waals surface area contributed by atoms with Crippen LogP contribution in [0, 0.1) is 10.1 Å². The summed E-state index contributed by atoms with van der Waals surface area (Å²) in [6, 6.07) is 5.80. The van der Waals surface area contributed by atoms with E-state index in [0.29, 0.717) is 16.8 Å². The van der Waals surface area contributed by atoms with Gasteiger partial charge in [-0.25, -0.2) is 9.79 Å². The Morgan fingerprint density at radius 3 is 3.00 bits per heavy atom. The molecule has 124 valence electrons. The summed E-state index contributed by atoms with van der Waals surface area (Å²) >= 11 is 1.44. The van der Waals surface area contributed by atoms with Gasteiger partial charge in [0.05, 0.1) is 28.8 Å². The molecule has 0 radical (unpaired) electrons. The van der Waals surface area contributed by atoms with Crippen LogP contribution in [0.3, 0.4) is 0 Å². The van der Waals surface area contributed by atoms with E-state index in [2.05, 4.69) is 4.99 Å². The van der Waals surface area contributed by atoms with E-state index in [0.717, 1.165) is 5.17 Å². The Morgan fingerprint density at radius 1 is 1.50 bits per heavy atom. The molecule has 2 aliphatic rings. The first-order chi connectivity index (χ1) is 11.5. The van der Waals surface area contributed by atoms with Crippen molar-refractivity contribution in [2.45, 2.75) is 19.9 Å². The molecule has 0 bridgehead atoms. The van der Waals surface area contributed by atoms with E-state index in [9.17, 15) is 14.9 Å². The van der Waals surface area contributed by atoms with Gasteiger partial charge in [0.25, 0.3) is 5.69 Å². The van der Waals surface area contributed by atoms with Crippen LogP contribution in [0.2, 0.25) is 0 Å². The van der Waals surface area contributed by atoms with Crippen LogP contribution in [0.1, 0.15) is 25.5 Å². The molecule has 8 heteroatoms. The quantitative estimate of drug-likeness (QED) is 0.472. The number of ether oxygens (including phenoxy) is 1. The average molecular weight is 345 g/mol. The summed E-state index contributed by atoms with van der Waals surface area (Å²) < 4.78 is 5.17. The smallest absolute Gasteiger partial charge is 0.338 e. The van der Waals surface area contributed by atoms with Gasteiger partial charge >= 0.3 is 5.97 Å². The van der Waals surface area contributed by atoms with Gasteiger partial charge in [0.15, 0.2) is 5.17 Å². The van der Waals surface area contributed by atoms with E-state index >= 15 is 0 Å². The highest BCUT2D eigenvalue weighted by molar-refractivity contribution is 8.16. The summed E-state index contributed by atoms with van der Waals surface area (Å²) in [6.07, 6.45) is 1.82. The van der Waals surface area contributed by atoms with E-state index in [-0.39, 0.29) is 12.3 Å². The summed E-state index contributed by atoms with van der Waals surface area (Å²) in [4.78, 5) is 29.4. The van der Waals surface area contributed by atoms with Gasteiger partial charge in [-0.2, -0.15) is 0 Å². The average Bonchev–Trinajstić information content (AvgIpc) is 3.01. The Balaban J connectivity index is 2.12. The Kier molecular flexibility index (Phi) is 4.39. The van der Waals surface area contributed by atoms with E-state index in [1.807, 2.05) is 16.5 Å². The number of nitro benzene ring substituents is 1. The molecule has 7 nitrogen and oxygen atoms in total. The van der Waals surface area contributed by atoms with Crippen molar-refractivity contribution in [1.29, 1.82) is 0 Å². The first-order valence-corrected chi connectivity index (χ1v) is 8.23. The fourth-order valence-electron chi connectivity index (χ4n) is 2.71. The van der Waals surface area contributed by atoms with E-state index in [1.165, 1.54) is 23.9 Å². The molecule has 1 atom stereocenters. The second-order valence-corrected chi connectivity index (χ2v) is 6.05. The Morgan fingerprint density at radius 2 is 2.29 bits per heavy atom. The maximum Gasteiger partial charge on any atom is 0.338 e. The molecule has 0 fully saturated rings. The summed E-state index contributed by atoms with van der Waals surface area (Å²) in [7, 11) is 0. The van der Waals surface area contributed by atoms with Crippen molar-refractivity contribution >= 4 is 28.6 Å². The van der Waals surface area contributed by atoms with Crippen LogP contribution >= 0.6 is 11.8 Å². The third-order valence-electron chi connectivity index (χ3n) is 3.71. The highest BCUT2D eigenvalue weighted by Gasteiger charge is 2.37. The number of benzene rings is 1. The largest absolute Gasteiger partial charge is 0.463 e. The second kappa shape index (κ2) is 6.48. The van der Waals surface area contributed by atoms with Crippen LogP contribution < -0.4 is 0 Å². The van der Waals surface area contributed by atoms with Gasteiger partial charge in [-0.05, 0) is 24.8 Å². The van der Waals surface area contributed by atoms with Crippen molar-refractivity contribution in [3.8, 4) is 0 Å². The molecule has 1 aromatic carbocycles. The standard InChI is InChI=1S/C16H15N3O4S/c1-3-23-15(20)13-10(2)17-16-18(7-8-24-16)14(13)11-5-4-6-12(9-11)19(21)22/h4-9,14H,3H2,1-2H3/t14-/m1/s1. The number of amidine groups is 1. The summed E-state index contributed by atoms with van der Waals surface area (Å²) in [5.41, 5.74) is 1.58. The van der Waals surface area contributed by atoms with E-state index in [1.54, 1.807) is 26.0 Å². The predicted octanol–water partition coefficient (Wildman–Crippen LogP) is 3.36. The van der Waals surface area contributed by atoms with Crippen molar-refractivity contribution in [1.82, 2.24) is 4.90 Å². The van der Waals surface area contributed by atoms with Gasteiger partial charge < -0.3 is 9.64 Å². The fourth-order valence-corrected chi connectivity index (χ4v) is 3.50. The highest BCUT2D eigenvalue weighted by atomic mass is 32.2. The van der Waals surface area contributed by atoms with Crippen molar-refractivity contribution in [2.75, 3.05) is 6.61 Å². The number of thioether (sulfide) groups is 1. The zero-order valence-electron chi connectivity index (χ0n) is 13.1. The molecule has 0 amide bonds. The maximum absolute atomic E-state index is 12.5. The van der Waals surface area contributed by atoms with Gasteiger partial charge in [-0.3, -0.25) is 10.1 Å². The highest BCUT2D eigenvalue weighted by Crippen LogP contribution is 2.41. The van der Waals surface area contributed by atoms with Crippen LogP contribution in [-0.2, 0) is 9.53 Å². The Labute approximate surface area is 142 Å². The molecule has 0 spiro atoms. The van der Waals surface area contributed by atoms with Gasteiger partial charge in [0.2, 0.25) is 0 Å². The number of fused-ring (bicyclic) bond motifs is 1. The monoisotopic (exact) mass is 345 g/mol. The second-order valence-electron chi connectivity index (χ2n) is 5.18. The normalized spacial score (nSPS) is 19.2. The van der Waals surface area contributed by atoms with Gasteiger partial charge in [0.1, 0.15) is 0 Å². The van der Waals surface area contributed by atoms with Gasteiger partial charge in [0, 0.05) is 18.3 Å². The molecule has 2 aliphatic heterocycles. The van der Waals surface area contributed by atoms with Gasteiger partial charge in [-0.1, -0.05) is 23.9 Å². The first kappa shape index (κ1) is 16.3. The number of nitrogens with zero attached hydrogens (tertiary/aromatic N) is 3. The molecule has 24 heavy (non-hydrogen) atoms. The molecule has 2 heterocycles. The first-order valence-electron chi connectivity index (χ1n) is 7.35. The molecule has 1 aromatic rings. The number of carbonyl (C=O) groups is 1. The topological polar surface area (TPSA) is 85.0 Å². The minimum atomic E-state index is -0.498. The third kappa shape index (κ3) is 2.80. The molecule has 0 saturated heterocycles. The molecule has 0 aliphatic carbocycles. The Hall–Kier alpha value is -2.61. The summed E-state index contributed by atoms with van der Waals surface area (Å²) in [5.74, 6) is -0.459. The lowest BCUT2D eigenvalue weighted by Gasteiger charge is -2.33. The van der Waals surface area contributed by atoms with Crippen molar-refractivity contribution in [2.24, 2.45) is 4.99 Å². The summed E-state index contributed by atoms with van der Waals surface area (Å²) in [6.45, 7) is 3.73. The number of allylic oxidation sites excluding steroid dienone is 1. The van der Waals surface area contributed by atoms with E-state index in [4.69, 9.17) is 4.74 Å². The number of hydrogen-bond donors (Lipinski definition) is 0. The number of esters is 1. The maximum atomic E-state index is 12.5. The van der Waals surface area contributed by atoms with Crippen molar-refractivity contribution < 1.29 is 14.5 Å². The number of non-ortho nitro benzene ring substituents is 1. The third-order valence-corrected chi connectivity index (χ3v) is 4.48. The SMILES string of the molecule is CCOC(=O)C1=C(C)N=C2SC=CN2[C@@H]1c1cccc([N+](=O)[O-])c1. The van der Waals surface area contributed by atoms with Crippen molar-refractivity contribution in [3.05, 3.63) is 62.8 Å². The van der Waals surface area contributed by atoms with Crippen LogP contribution in [0.4, 0.5) is 5.69 Å². The zero-order chi connectivity index (χ0) is 17.3. The van der Waals surface area contributed by atoms with Crippen LogP contribution in [0.15, 0.2) is 52.1 Å². The van der Waals surface area contributed by atoms with Crippen LogP contribution in [-0.4, -0.2) is 27.6 Å². The van der Waals surface area contributed by atoms with Crippen LogP contribution in [0.25, 0.3) is 0 Å². The summed E-state index contributed by atoms with van der Waals surface area (Å²) in [5, 5.41) is 13.7.